The van der Waals surface area contributed by atoms with Crippen LogP contribution in [0.2, 0.25) is 0 Å². The fourth-order valence-corrected chi connectivity index (χ4v) is 1.14. The number of halogens is 3. The fourth-order valence-electron chi connectivity index (χ4n) is 0.942. The monoisotopic (exact) mass is 192 g/mol. The van der Waals surface area contributed by atoms with Crippen LogP contribution >= 0.6 is 11.6 Å². The first-order valence-corrected chi connectivity index (χ1v) is 3.80. The molecule has 4 heteroatoms. The third kappa shape index (κ3) is 1.67. The van der Waals surface area contributed by atoms with E-state index in [1.165, 1.54) is 7.11 Å². The molecular formula is C8H7ClF2O. The van der Waals surface area contributed by atoms with Crippen molar-refractivity contribution < 1.29 is 13.5 Å². The van der Waals surface area contributed by atoms with Gasteiger partial charge >= 0.3 is 0 Å². The van der Waals surface area contributed by atoms with Crippen molar-refractivity contribution in [2.75, 3.05) is 7.11 Å². The minimum absolute atomic E-state index is 0.00593. The standard InChI is InChI=1S/C8H7ClF2O/c1-12-8-5(4-9)2-6(10)3-7(8)11/h2-3H,4H2,1H3. The summed E-state index contributed by atoms with van der Waals surface area (Å²) in [5.41, 5.74) is 0.316. The molecule has 1 aromatic rings. The van der Waals surface area contributed by atoms with Crippen molar-refractivity contribution in [1.82, 2.24) is 0 Å². The number of benzene rings is 1. The highest BCUT2D eigenvalue weighted by molar-refractivity contribution is 6.17. The number of rotatable bonds is 2. The van der Waals surface area contributed by atoms with Gasteiger partial charge in [0.05, 0.1) is 13.0 Å². The molecule has 0 N–H and O–H groups in total. The molecule has 66 valence electrons. The van der Waals surface area contributed by atoms with E-state index in [0.717, 1.165) is 12.1 Å². The Labute approximate surface area is 73.9 Å². The smallest absolute Gasteiger partial charge is 0.168 e. The molecular weight excluding hydrogens is 186 g/mol. The Hall–Kier alpha value is -0.830. The lowest BCUT2D eigenvalue weighted by atomic mass is 10.2. The van der Waals surface area contributed by atoms with E-state index in [1.807, 2.05) is 0 Å². The van der Waals surface area contributed by atoms with Gasteiger partial charge in [0.15, 0.2) is 11.6 Å². The zero-order valence-electron chi connectivity index (χ0n) is 6.40. The molecule has 12 heavy (non-hydrogen) atoms. The van der Waals surface area contributed by atoms with Crippen LogP contribution in [0.1, 0.15) is 5.56 Å². The summed E-state index contributed by atoms with van der Waals surface area (Å²) in [6.45, 7) is 0. The lowest BCUT2D eigenvalue weighted by Crippen LogP contribution is -1.94. The van der Waals surface area contributed by atoms with Gasteiger partial charge in [0.2, 0.25) is 0 Å². The number of methoxy groups -OCH3 is 1. The largest absolute Gasteiger partial charge is 0.493 e. The highest BCUT2D eigenvalue weighted by Crippen LogP contribution is 2.24. The second-order valence-electron chi connectivity index (χ2n) is 2.21. The Morgan fingerprint density at radius 3 is 2.58 bits per heavy atom. The summed E-state index contributed by atoms with van der Waals surface area (Å²) in [5, 5.41) is 0. The Bertz CT molecular complexity index is 289. The van der Waals surface area contributed by atoms with Crippen molar-refractivity contribution in [3.63, 3.8) is 0 Å². The molecule has 0 aromatic heterocycles. The van der Waals surface area contributed by atoms with Crippen molar-refractivity contribution >= 4 is 11.6 Å². The summed E-state index contributed by atoms with van der Waals surface area (Å²) >= 11 is 5.44. The Balaban J connectivity index is 3.24. The lowest BCUT2D eigenvalue weighted by molar-refractivity contribution is 0.380. The number of hydrogen-bond acceptors (Lipinski definition) is 1. The maximum atomic E-state index is 12.9. The number of hydrogen-bond donors (Lipinski definition) is 0. The van der Waals surface area contributed by atoms with Crippen LogP contribution in [0.5, 0.6) is 5.75 Å². The van der Waals surface area contributed by atoms with Crippen LogP contribution in [0.15, 0.2) is 12.1 Å². The molecule has 0 amide bonds. The molecule has 0 unspecified atom stereocenters. The molecule has 1 rings (SSSR count). The summed E-state index contributed by atoms with van der Waals surface area (Å²) in [5.74, 6) is -1.35. The lowest BCUT2D eigenvalue weighted by Gasteiger charge is -2.06. The minimum atomic E-state index is -0.729. The van der Waals surface area contributed by atoms with Gasteiger partial charge in [0, 0.05) is 11.6 Å². The molecule has 0 saturated carbocycles. The van der Waals surface area contributed by atoms with E-state index < -0.39 is 11.6 Å². The second kappa shape index (κ2) is 3.72. The van der Waals surface area contributed by atoms with Crippen LogP contribution in [-0.4, -0.2) is 7.11 Å². The van der Waals surface area contributed by atoms with E-state index >= 15 is 0 Å². The zero-order valence-corrected chi connectivity index (χ0v) is 7.16. The number of alkyl halides is 1. The molecule has 0 radical (unpaired) electrons. The molecule has 0 heterocycles. The van der Waals surface area contributed by atoms with E-state index in [1.54, 1.807) is 0 Å². The minimum Gasteiger partial charge on any atom is -0.493 e. The first kappa shape index (κ1) is 9.26. The first-order chi connectivity index (χ1) is 5.69. The van der Waals surface area contributed by atoms with Gasteiger partial charge in [-0.05, 0) is 6.07 Å². The van der Waals surface area contributed by atoms with Gasteiger partial charge in [-0.3, -0.25) is 0 Å². The van der Waals surface area contributed by atoms with Gasteiger partial charge in [-0.15, -0.1) is 11.6 Å². The Morgan fingerprint density at radius 2 is 2.08 bits per heavy atom. The van der Waals surface area contributed by atoms with Crippen LogP contribution in [-0.2, 0) is 5.88 Å². The number of ether oxygens (including phenoxy) is 1. The molecule has 0 aliphatic heterocycles. The van der Waals surface area contributed by atoms with Crippen molar-refractivity contribution in [2.45, 2.75) is 5.88 Å². The van der Waals surface area contributed by atoms with E-state index in [-0.39, 0.29) is 11.6 Å². The highest BCUT2D eigenvalue weighted by Gasteiger charge is 2.10. The third-order valence-corrected chi connectivity index (χ3v) is 1.72. The van der Waals surface area contributed by atoms with E-state index in [0.29, 0.717) is 5.56 Å². The predicted molar refractivity (Wildman–Crippen MR) is 42.5 cm³/mol. The quantitative estimate of drug-likeness (QED) is 0.655. The summed E-state index contributed by atoms with van der Waals surface area (Å²) < 4.78 is 30.1. The van der Waals surface area contributed by atoms with Gasteiger partial charge in [-0.2, -0.15) is 0 Å². The van der Waals surface area contributed by atoms with E-state index in [4.69, 9.17) is 16.3 Å². The fraction of sp³-hybridized carbons (Fsp3) is 0.250. The SMILES string of the molecule is COc1c(F)cc(F)cc1CCl. The van der Waals surface area contributed by atoms with E-state index in [2.05, 4.69) is 0 Å². The average molecular weight is 193 g/mol. The van der Waals surface area contributed by atoms with Crippen molar-refractivity contribution in [2.24, 2.45) is 0 Å². The van der Waals surface area contributed by atoms with E-state index in [9.17, 15) is 8.78 Å². The molecule has 1 nitrogen and oxygen atoms in total. The van der Waals surface area contributed by atoms with Crippen LogP contribution < -0.4 is 4.74 Å². The van der Waals surface area contributed by atoms with Crippen LogP contribution in [0.4, 0.5) is 8.78 Å². The van der Waals surface area contributed by atoms with Gasteiger partial charge in [-0.25, -0.2) is 8.78 Å². The second-order valence-corrected chi connectivity index (χ2v) is 2.48. The summed E-state index contributed by atoms with van der Waals surface area (Å²) in [6, 6.07) is 1.91. The van der Waals surface area contributed by atoms with Gasteiger partial charge in [0.1, 0.15) is 5.82 Å². The van der Waals surface area contributed by atoms with Gasteiger partial charge < -0.3 is 4.74 Å². The summed E-state index contributed by atoms with van der Waals surface area (Å²) in [6.07, 6.45) is 0. The van der Waals surface area contributed by atoms with Crippen molar-refractivity contribution in [3.05, 3.63) is 29.3 Å². The normalized spacial score (nSPS) is 10.0. The zero-order chi connectivity index (χ0) is 9.14. The average Bonchev–Trinajstić information content (AvgIpc) is 2.03. The molecule has 0 saturated heterocycles. The molecule has 0 bridgehead atoms. The summed E-state index contributed by atoms with van der Waals surface area (Å²) in [7, 11) is 1.31. The molecule has 1 aromatic carbocycles. The molecule has 0 spiro atoms. The molecule has 0 aliphatic carbocycles. The molecule has 0 fully saturated rings. The third-order valence-electron chi connectivity index (χ3n) is 1.43. The topological polar surface area (TPSA) is 9.23 Å². The van der Waals surface area contributed by atoms with Crippen LogP contribution in [0.3, 0.4) is 0 Å². The Kier molecular flexibility index (Phi) is 2.87. The van der Waals surface area contributed by atoms with Gasteiger partial charge in [-0.1, -0.05) is 0 Å². The van der Waals surface area contributed by atoms with Crippen LogP contribution in [0.25, 0.3) is 0 Å². The van der Waals surface area contributed by atoms with Crippen LogP contribution in [0, 0.1) is 11.6 Å². The maximum absolute atomic E-state index is 12.9. The molecule has 0 atom stereocenters. The summed E-state index contributed by atoms with van der Waals surface area (Å²) in [4.78, 5) is 0. The highest BCUT2D eigenvalue weighted by atomic mass is 35.5. The van der Waals surface area contributed by atoms with Crippen molar-refractivity contribution in [3.8, 4) is 5.75 Å². The van der Waals surface area contributed by atoms with Gasteiger partial charge in [0.25, 0.3) is 0 Å². The van der Waals surface area contributed by atoms with Crippen molar-refractivity contribution in [1.29, 1.82) is 0 Å². The maximum Gasteiger partial charge on any atom is 0.168 e. The molecule has 0 aliphatic rings. The Morgan fingerprint density at radius 1 is 1.42 bits per heavy atom. The predicted octanol–water partition coefficient (Wildman–Crippen LogP) is 2.71. The first-order valence-electron chi connectivity index (χ1n) is 3.27.